The maximum Gasteiger partial charge on any atom is 0.223 e. The molecular formula is C19H42ClN2OPSi3. The zero-order valence-electron chi connectivity index (χ0n) is 19.1. The molecule has 1 unspecified atom stereocenters. The summed E-state index contributed by atoms with van der Waals surface area (Å²) in [5.41, 5.74) is 0.113. The Balaban J connectivity index is 2.11. The van der Waals surface area contributed by atoms with Crippen LogP contribution >= 0.6 is 18.0 Å². The van der Waals surface area contributed by atoms with E-state index in [1.54, 1.807) is 0 Å². The van der Waals surface area contributed by atoms with E-state index in [0.29, 0.717) is 0 Å². The van der Waals surface area contributed by atoms with Crippen LogP contribution in [0.25, 0.3) is 0 Å². The molecule has 0 aromatic rings. The predicted molar refractivity (Wildman–Crippen MR) is 129 cm³/mol. The minimum absolute atomic E-state index is 0.113. The fourth-order valence-electron chi connectivity index (χ4n) is 6.65. The van der Waals surface area contributed by atoms with E-state index in [1.807, 2.05) is 0 Å². The van der Waals surface area contributed by atoms with Crippen LogP contribution in [0.2, 0.25) is 58.9 Å². The second-order valence-corrected chi connectivity index (χ2v) is 31.2. The first-order chi connectivity index (χ1) is 12.0. The molecule has 158 valence electrons. The van der Waals surface area contributed by atoms with Gasteiger partial charge in [-0.25, -0.2) is 4.74 Å². The van der Waals surface area contributed by atoms with Crippen LogP contribution in [0.4, 0.5) is 0 Å². The Bertz CT molecular complexity index is 587. The van der Waals surface area contributed by atoms with E-state index in [2.05, 4.69) is 62.9 Å². The van der Waals surface area contributed by atoms with Gasteiger partial charge in [-0.1, -0.05) is 39.3 Å². The van der Waals surface area contributed by atoms with Gasteiger partial charge in [0.1, 0.15) is 16.5 Å². The van der Waals surface area contributed by atoms with E-state index >= 15 is 0 Å². The van der Waals surface area contributed by atoms with Crippen molar-refractivity contribution in [2.45, 2.75) is 103 Å². The maximum absolute atomic E-state index is 7.65. The van der Waals surface area contributed by atoms with Crippen molar-refractivity contribution in [1.29, 1.82) is 0 Å². The molecule has 1 atom stereocenters. The first kappa shape index (κ1) is 22.8. The smallest absolute Gasteiger partial charge is 0.223 e. The van der Waals surface area contributed by atoms with Gasteiger partial charge < -0.3 is 4.21 Å². The summed E-state index contributed by atoms with van der Waals surface area (Å²) in [6.07, 6.45) is 8.16. The average Bonchev–Trinajstić information content (AvgIpc) is 2.27. The number of halogens is 1. The molecule has 0 saturated heterocycles. The summed E-state index contributed by atoms with van der Waals surface area (Å²) < 4.78 is 15.3. The van der Waals surface area contributed by atoms with Crippen LogP contribution < -0.4 is 0 Å². The lowest BCUT2D eigenvalue weighted by molar-refractivity contribution is 0.00210. The molecule has 0 heterocycles. The largest absolute Gasteiger partial charge is 0.364 e. The Morgan fingerprint density at radius 2 is 1.19 bits per heavy atom. The first-order valence-corrected chi connectivity index (χ1v) is 23.7. The molecule has 0 amide bonds. The minimum atomic E-state index is -2.48. The second-order valence-electron chi connectivity index (χ2n) is 12.6. The van der Waals surface area contributed by atoms with Crippen molar-refractivity contribution >= 4 is 42.8 Å². The maximum atomic E-state index is 7.65. The highest BCUT2D eigenvalue weighted by atomic mass is 35.7. The van der Waals surface area contributed by atoms with E-state index in [4.69, 9.17) is 20.2 Å². The van der Waals surface area contributed by atoms with E-state index in [-0.39, 0.29) is 5.54 Å². The van der Waals surface area contributed by atoms with Gasteiger partial charge in [-0.2, -0.15) is 0 Å². The Morgan fingerprint density at radius 3 is 1.48 bits per heavy atom. The summed E-state index contributed by atoms with van der Waals surface area (Å²) in [7, 11) is -5.17. The van der Waals surface area contributed by atoms with Crippen molar-refractivity contribution in [2.24, 2.45) is 22.5 Å². The second kappa shape index (κ2) is 7.06. The van der Waals surface area contributed by atoms with Crippen molar-refractivity contribution in [2.75, 3.05) is 0 Å². The van der Waals surface area contributed by atoms with Crippen LogP contribution in [0.3, 0.4) is 0 Å². The summed E-state index contributed by atoms with van der Waals surface area (Å²) in [5.74, 6) is 2.68. The van der Waals surface area contributed by atoms with Gasteiger partial charge in [-0.3, -0.25) is 4.00 Å². The number of nitrogens with zero attached hydrogens (tertiary/aromatic N) is 2. The Hall–Kier alpha value is 1.09. The fourth-order valence-corrected chi connectivity index (χ4v) is 32.2. The lowest BCUT2D eigenvalue weighted by Crippen LogP contribution is -2.57. The summed E-state index contributed by atoms with van der Waals surface area (Å²) in [6, 6.07) is 0. The standard InChI is InChI=1S/C19H42ClN2OPSi3/c1-25(2,3)22(26(4,5)6)24(20,23-27(7,8)9)21-19-13-16-10-17(14-19)12-18(11-16)15-19/h16-18H,10-15H2,1-9H3. The molecule has 4 fully saturated rings. The van der Waals surface area contributed by atoms with Crippen LogP contribution in [-0.2, 0) is 4.21 Å². The molecule has 4 saturated carbocycles. The lowest BCUT2D eigenvalue weighted by Gasteiger charge is -2.57. The van der Waals surface area contributed by atoms with Crippen LogP contribution in [-0.4, -0.2) is 34.3 Å². The van der Waals surface area contributed by atoms with Crippen LogP contribution in [0.15, 0.2) is 4.74 Å². The molecule has 0 radical (unpaired) electrons. The monoisotopic (exact) mass is 464 g/mol. The van der Waals surface area contributed by atoms with Crippen molar-refractivity contribution in [1.82, 2.24) is 4.00 Å². The minimum Gasteiger partial charge on any atom is -0.364 e. The summed E-state index contributed by atoms with van der Waals surface area (Å²) in [5, 5.41) is 0. The molecule has 4 rings (SSSR count). The molecular weight excluding hydrogens is 423 g/mol. The Labute approximate surface area is 176 Å². The van der Waals surface area contributed by atoms with Gasteiger partial charge in [0.25, 0.3) is 0 Å². The third-order valence-electron chi connectivity index (χ3n) is 6.25. The van der Waals surface area contributed by atoms with Gasteiger partial charge in [-0.15, -0.1) is 0 Å². The van der Waals surface area contributed by atoms with Crippen molar-refractivity contribution in [3.63, 3.8) is 0 Å². The highest BCUT2D eigenvalue weighted by molar-refractivity contribution is 7.88. The zero-order chi connectivity index (χ0) is 20.5. The first-order valence-electron chi connectivity index (χ1n) is 10.9. The van der Waals surface area contributed by atoms with Gasteiger partial charge in [0.05, 0.1) is 5.54 Å². The van der Waals surface area contributed by atoms with E-state index in [1.165, 1.54) is 38.5 Å². The molecule has 4 aliphatic carbocycles. The molecule has 8 heteroatoms. The third kappa shape index (κ3) is 5.05. The molecule has 0 aromatic heterocycles. The predicted octanol–water partition coefficient (Wildman–Crippen LogP) is 7.96. The molecule has 0 spiro atoms. The summed E-state index contributed by atoms with van der Waals surface area (Å²) >= 11 is 7.65. The molecule has 0 N–H and O–H groups in total. The summed E-state index contributed by atoms with van der Waals surface area (Å²) in [6.45, 7) is 19.0. The van der Waals surface area contributed by atoms with E-state index in [0.717, 1.165) is 17.8 Å². The summed E-state index contributed by atoms with van der Waals surface area (Å²) in [4.78, 5) is 0. The Morgan fingerprint density at radius 1 is 0.815 bits per heavy atom. The highest BCUT2D eigenvalue weighted by Gasteiger charge is 2.54. The van der Waals surface area contributed by atoms with Gasteiger partial charge in [0.15, 0.2) is 8.32 Å². The normalized spacial score (nSPS) is 36.2. The van der Waals surface area contributed by atoms with Gasteiger partial charge in [-0.05, 0) is 87.2 Å². The van der Waals surface area contributed by atoms with Crippen molar-refractivity contribution in [3.8, 4) is 0 Å². The quantitative estimate of drug-likeness (QED) is 0.294. The lowest BCUT2D eigenvalue weighted by atomic mass is 9.53. The SMILES string of the molecule is C[Si](C)(C)OP(Cl)(=NC12CC3CC(CC(C3)C1)C2)N([Si](C)(C)C)[Si](C)(C)C. The van der Waals surface area contributed by atoms with Gasteiger partial charge in [0, 0.05) is 0 Å². The molecule has 0 aliphatic heterocycles. The number of hydrogen-bond donors (Lipinski definition) is 0. The average molecular weight is 465 g/mol. The molecule has 3 nitrogen and oxygen atoms in total. The topological polar surface area (TPSA) is 24.8 Å². The van der Waals surface area contributed by atoms with Crippen molar-refractivity contribution in [3.05, 3.63) is 0 Å². The highest BCUT2D eigenvalue weighted by Crippen LogP contribution is 2.69. The van der Waals surface area contributed by atoms with Crippen molar-refractivity contribution < 1.29 is 4.21 Å². The van der Waals surface area contributed by atoms with Crippen LogP contribution in [0.5, 0.6) is 0 Å². The van der Waals surface area contributed by atoms with Crippen LogP contribution in [0.1, 0.15) is 38.5 Å². The van der Waals surface area contributed by atoms with Gasteiger partial charge in [0.2, 0.25) is 6.78 Å². The van der Waals surface area contributed by atoms with Crippen LogP contribution in [0, 0.1) is 17.8 Å². The van der Waals surface area contributed by atoms with E-state index in [9.17, 15) is 0 Å². The fraction of sp³-hybridized carbons (Fsp3) is 1.00. The molecule has 27 heavy (non-hydrogen) atoms. The number of hydrogen-bond acceptors (Lipinski definition) is 2. The van der Waals surface area contributed by atoms with E-state index < -0.39 is 31.6 Å². The van der Waals surface area contributed by atoms with Gasteiger partial charge >= 0.3 is 0 Å². The molecule has 0 aromatic carbocycles. The molecule has 4 bridgehead atoms. The Kier molecular flexibility index (Phi) is 5.96. The number of rotatable bonds is 6. The molecule has 4 aliphatic rings. The third-order valence-corrected chi connectivity index (χ3v) is 24.4. The zero-order valence-corrected chi connectivity index (χ0v) is 23.8.